The fraction of sp³-hybridized carbons (Fsp3) is 0. The molecule has 0 fully saturated rings. The minimum absolute atomic E-state index is 0.00784. The summed E-state index contributed by atoms with van der Waals surface area (Å²) in [7, 11) is -8.73. The molecule has 0 radical (unpaired) electrons. The molecule has 2 aromatic carbocycles. The van der Waals surface area contributed by atoms with Crippen molar-refractivity contribution < 1.29 is 21.6 Å². The van der Waals surface area contributed by atoms with Gasteiger partial charge in [-0.1, -0.05) is 34.1 Å². The van der Waals surface area contributed by atoms with Crippen LogP contribution in [0.15, 0.2) is 62.8 Å². The van der Waals surface area contributed by atoms with Gasteiger partial charge in [0.05, 0.1) is 0 Å². The molecule has 120 valence electrons. The third kappa shape index (κ3) is 2.57. The molecular weight excluding hydrogens is 408 g/mol. The van der Waals surface area contributed by atoms with Gasteiger partial charge in [0.2, 0.25) is 0 Å². The Kier molecular flexibility index (Phi) is 3.79. The lowest BCUT2D eigenvalue weighted by Crippen LogP contribution is -2.45. The second-order valence-corrected chi connectivity index (χ2v) is 9.26. The van der Waals surface area contributed by atoms with Crippen LogP contribution in [0.3, 0.4) is 0 Å². The zero-order valence-corrected chi connectivity index (χ0v) is 14.5. The maximum atomic E-state index is 12.4. The number of carbonyl (C=O) groups is 1. The number of nitrogens with one attached hydrogen (secondary N) is 1. The van der Waals surface area contributed by atoms with E-state index in [-0.39, 0.29) is 19.2 Å². The Hall–Kier alpha value is -1.75. The zero-order chi connectivity index (χ0) is 16.8. The molecule has 1 N–H and O–H groups in total. The molecule has 0 atom stereocenters. The largest absolute Gasteiger partial charge is 0.275 e. The highest BCUT2D eigenvalue weighted by atomic mass is 79.9. The number of hydrogen-bond acceptors (Lipinski definition) is 5. The van der Waals surface area contributed by atoms with E-state index < -0.39 is 26.0 Å². The van der Waals surface area contributed by atoms with E-state index in [1.807, 2.05) is 5.43 Å². The van der Waals surface area contributed by atoms with E-state index in [0.29, 0.717) is 4.47 Å². The first kappa shape index (κ1) is 16.1. The summed E-state index contributed by atoms with van der Waals surface area (Å²) in [4.78, 5) is 11.4. The van der Waals surface area contributed by atoms with Crippen LogP contribution < -0.4 is 5.43 Å². The lowest BCUT2D eigenvalue weighted by molar-refractivity contribution is 0.0915. The van der Waals surface area contributed by atoms with Crippen molar-refractivity contribution in [1.29, 1.82) is 0 Å². The maximum Gasteiger partial charge on any atom is 0.275 e. The van der Waals surface area contributed by atoms with Crippen molar-refractivity contribution in [3.8, 4) is 0 Å². The molecule has 1 aliphatic rings. The van der Waals surface area contributed by atoms with Crippen LogP contribution >= 0.6 is 15.9 Å². The van der Waals surface area contributed by atoms with Crippen LogP contribution in [0.25, 0.3) is 0 Å². The highest BCUT2D eigenvalue weighted by molar-refractivity contribution is 9.10. The summed E-state index contributed by atoms with van der Waals surface area (Å²) in [5.41, 5.74) is 2.06. The summed E-state index contributed by atoms with van der Waals surface area (Å²) in [5.74, 6) is -0.855. The number of nitrogens with zero attached hydrogens (tertiary/aromatic N) is 1. The number of rotatable bonds is 2. The van der Waals surface area contributed by atoms with Crippen molar-refractivity contribution in [3.63, 3.8) is 0 Å². The quantitative estimate of drug-likeness (QED) is 0.798. The van der Waals surface area contributed by atoms with Gasteiger partial charge in [-0.2, -0.15) is 0 Å². The highest BCUT2D eigenvalue weighted by Crippen LogP contribution is 2.34. The first-order valence-electron chi connectivity index (χ1n) is 6.21. The van der Waals surface area contributed by atoms with Gasteiger partial charge in [-0.3, -0.25) is 10.2 Å². The van der Waals surface area contributed by atoms with Crippen LogP contribution in [0.4, 0.5) is 0 Å². The minimum Gasteiger partial charge on any atom is -0.268 e. The van der Waals surface area contributed by atoms with Crippen LogP contribution in [-0.2, 0) is 20.0 Å². The summed E-state index contributed by atoms with van der Waals surface area (Å²) in [5, 5.41) is 0. The van der Waals surface area contributed by atoms with E-state index in [9.17, 15) is 21.6 Å². The molecule has 7 nitrogen and oxygen atoms in total. The topological polar surface area (TPSA) is 101 Å². The van der Waals surface area contributed by atoms with E-state index in [1.165, 1.54) is 36.4 Å². The Balaban J connectivity index is 2.03. The molecule has 1 aliphatic heterocycles. The van der Waals surface area contributed by atoms with Crippen molar-refractivity contribution in [1.82, 2.24) is 9.25 Å². The summed E-state index contributed by atoms with van der Waals surface area (Å²) in [6.07, 6.45) is 0. The van der Waals surface area contributed by atoms with E-state index in [4.69, 9.17) is 0 Å². The average Bonchev–Trinajstić information content (AvgIpc) is 2.66. The molecule has 0 aliphatic carbocycles. The Bertz CT molecular complexity index is 965. The summed E-state index contributed by atoms with van der Waals surface area (Å²) in [6.45, 7) is 0. The molecule has 1 amide bonds. The van der Waals surface area contributed by atoms with Gasteiger partial charge in [-0.25, -0.2) is 16.8 Å². The molecule has 0 unspecified atom stereocenters. The first-order chi connectivity index (χ1) is 10.7. The Morgan fingerprint density at radius 2 is 1.48 bits per heavy atom. The predicted molar refractivity (Wildman–Crippen MR) is 84.3 cm³/mol. The first-order valence-corrected chi connectivity index (χ1v) is 9.88. The number of sulfonamides is 2. The number of hydrazine groups is 1. The van der Waals surface area contributed by atoms with Crippen molar-refractivity contribution in [2.24, 2.45) is 0 Å². The monoisotopic (exact) mass is 416 g/mol. The van der Waals surface area contributed by atoms with Crippen LogP contribution in [0.5, 0.6) is 0 Å². The molecule has 0 spiro atoms. The summed E-state index contributed by atoms with van der Waals surface area (Å²) in [6, 6.07) is 11.3. The molecule has 3 rings (SSSR count). The number of benzene rings is 2. The number of halogens is 1. The fourth-order valence-electron chi connectivity index (χ4n) is 2.08. The van der Waals surface area contributed by atoms with Gasteiger partial charge in [-0.15, -0.1) is 0 Å². The van der Waals surface area contributed by atoms with Crippen LogP contribution in [0, 0.1) is 0 Å². The van der Waals surface area contributed by atoms with Crippen LogP contribution in [-0.4, -0.2) is 26.6 Å². The average molecular weight is 417 g/mol. The number of carbonyl (C=O) groups excluding carboxylic acids is 1. The highest BCUT2D eigenvalue weighted by Gasteiger charge is 2.48. The van der Waals surface area contributed by atoms with Crippen molar-refractivity contribution in [2.45, 2.75) is 9.79 Å². The fourth-order valence-corrected chi connectivity index (χ4v) is 6.54. The van der Waals surface area contributed by atoms with Crippen molar-refractivity contribution in [3.05, 3.63) is 58.6 Å². The molecule has 10 heteroatoms. The molecule has 0 saturated heterocycles. The second-order valence-electron chi connectivity index (χ2n) is 4.61. The van der Waals surface area contributed by atoms with E-state index in [1.54, 1.807) is 12.1 Å². The number of amides is 1. The van der Waals surface area contributed by atoms with Gasteiger partial charge in [0.15, 0.2) is 0 Å². The second kappa shape index (κ2) is 5.41. The van der Waals surface area contributed by atoms with Gasteiger partial charge < -0.3 is 0 Å². The van der Waals surface area contributed by atoms with Gasteiger partial charge >= 0.3 is 0 Å². The third-order valence-electron chi connectivity index (χ3n) is 3.12. The normalized spacial score (nSPS) is 18.3. The van der Waals surface area contributed by atoms with Crippen molar-refractivity contribution in [2.75, 3.05) is 0 Å². The van der Waals surface area contributed by atoms with Gasteiger partial charge in [-0.05, 0) is 30.3 Å². The lowest BCUT2D eigenvalue weighted by atomic mass is 10.2. The van der Waals surface area contributed by atoms with Crippen LogP contribution in [0.1, 0.15) is 10.4 Å². The molecule has 1 heterocycles. The van der Waals surface area contributed by atoms with Gasteiger partial charge in [0.1, 0.15) is 9.79 Å². The summed E-state index contributed by atoms with van der Waals surface area (Å²) >= 11 is 3.18. The Morgan fingerprint density at radius 1 is 0.913 bits per heavy atom. The standard InChI is InChI=1S/C13H9BrN2O5S2/c14-10-5-3-4-9(8-10)13(17)15-16-22(18,19)11-6-1-2-7-12(11)23(16,20)21/h1-8H,(H,15,17). The molecule has 0 aromatic heterocycles. The molecule has 0 bridgehead atoms. The Labute approximate surface area is 141 Å². The maximum absolute atomic E-state index is 12.4. The predicted octanol–water partition coefficient (Wildman–Crippen LogP) is 1.49. The minimum atomic E-state index is -4.37. The van der Waals surface area contributed by atoms with Gasteiger partial charge in [0, 0.05) is 13.9 Å². The summed E-state index contributed by atoms with van der Waals surface area (Å²) < 4.78 is 50.0. The molecule has 0 saturated carbocycles. The molecule has 2 aromatic rings. The lowest BCUT2D eigenvalue weighted by Gasteiger charge is -2.14. The van der Waals surface area contributed by atoms with Crippen molar-refractivity contribution >= 4 is 41.9 Å². The Morgan fingerprint density at radius 3 is 2.00 bits per heavy atom. The van der Waals surface area contributed by atoms with Gasteiger partial charge in [0.25, 0.3) is 26.0 Å². The van der Waals surface area contributed by atoms with Crippen LogP contribution in [0.2, 0.25) is 0 Å². The van der Waals surface area contributed by atoms with E-state index >= 15 is 0 Å². The van der Waals surface area contributed by atoms with E-state index in [0.717, 1.165) is 0 Å². The number of hydrogen-bond donors (Lipinski definition) is 1. The molecule has 23 heavy (non-hydrogen) atoms. The number of fused-ring (bicyclic) bond motifs is 1. The molecular formula is C13H9BrN2O5S2. The SMILES string of the molecule is O=C(NN1S(=O)(=O)c2ccccc2S1(=O)=O)c1cccc(Br)c1. The third-order valence-corrected chi connectivity index (χ3v) is 7.80. The van der Waals surface area contributed by atoms with E-state index in [2.05, 4.69) is 15.9 Å². The smallest absolute Gasteiger partial charge is 0.268 e. The zero-order valence-electron chi connectivity index (χ0n) is 11.3.